The molecule has 0 amide bonds. The van der Waals surface area contributed by atoms with E-state index < -0.39 is 11.9 Å². The summed E-state index contributed by atoms with van der Waals surface area (Å²) in [7, 11) is 0. The molecular formula is C23H15NO4. The number of aliphatic imine (C=N–C) groups is 1. The minimum atomic E-state index is -0.523. The Morgan fingerprint density at radius 2 is 1.61 bits per heavy atom. The first kappa shape index (κ1) is 17.4. The fourth-order valence-corrected chi connectivity index (χ4v) is 2.68. The van der Waals surface area contributed by atoms with Gasteiger partial charge >= 0.3 is 11.9 Å². The fraction of sp³-hybridized carbons (Fsp3) is 0. The van der Waals surface area contributed by atoms with Crippen molar-refractivity contribution < 1.29 is 19.1 Å². The van der Waals surface area contributed by atoms with Gasteiger partial charge in [0.05, 0.1) is 5.56 Å². The van der Waals surface area contributed by atoms with E-state index in [1.54, 1.807) is 54.6 Å². The Kier molecular flexibility index (Phi) is 4.80. The van der Waals surface area contributed by atoms with Crippen molar-refractivity contribution in [3.05, 3.63) is 107 Å². The molecule has 1 aliphatic heterocycles. The van der Waals surface area contributed by atoms with Crippen molar-refractivity contribution in [1.82, 2.24) is 0 Å². The van der Waals surface area contributed by atoms with Crippen LogP contribution in [0.4, 0.5) is 0 Å². The van der Waals surface area contributed by atoms with Crippen molar-refractivity contribution in [2.75, 3.05) is 0 Å². The molecule has 1 heterocycles. The number of nitrogens with zero attached hydrogens (tertiary/aromatic N) is 1. The molecule has 4 rings (SSSR count). The number of cyclic esters (lactones) is 1. The van der Waals surface area contributed by atoms with Gasteiger partial charge in [-0.05, 0) is 48.0 Å². The molecule has 0 N–H and O–H groups in total. The summed E-state index contributed by atoms with van der Waals surface area (Å²) in [6, 6.07) is 24.8. The number of carbonyl (C=O) groups excluding carboxylic acids is 2. The lowest BCUT2D eigenvalue weighted by Gasteiger charge is -2.05. The van der Waals surface area contributed by atoms with Crippen molar-refractivity contribution in [3.63, 3.8) is 0 Å². The van der Waals surface area contributed by atoms with Gasteiger partial charge in [0.25, 0.3) is 0 Å². The van der Waals surface area contributed by atoms with Crippen LogP contribution < -0.4 is 4.74 Å². The van der Waals surface area contributed by atoms with Crippen LogP contribution in [0.3, 0.4) is 0 Å². The van der Waals surface area contributed by atoms with Crippen molar-refractivity contribution >= 4 is 23.9 Å². The molecule has 5 heteroatoms. The minimum Gasteiger partial charge on any atom is -0.423 e. The zero-order valence-electron chi connectivity index (χ0n) is 14.7. The second kappa shape index (κ2) is 7.72. The first-order valence-corrected chi connectivity index (χ1v) is 8.64. The average Bonchev–Trinajstić information content (AvgIpc) is 3.10. The van der Waals surface area contributed by atoms with E-state index in [4.69, 9.17) is 9.47 Å². The Labute approximate surface area is 161 Å². The number of ether oxygens (including phenoxy) is 2. The van der Waals surface area contributed by atoms with Gasteiger partial charge in [-0.2, -0.15) is 0 Å². The number of carbonyl (C=O) groups is 2. The third-order valence-corrected chi connectivity index (χ3v) is 4.02. The zero-order valence-corrected chi connectivity index (χ0v) is 14.7. The summed E-state index contributed by atoms with van der Waals surface area (Å²) in [5.74, 6) is -0.328. The van der Waals surface area contributed by atoms with Crippen LogP contribution >= 0.6 is 0 Å². The lowest BCUT2D eigenvalue weighted by Crippen LogP contribution is -2.08. The van der Waals surface area contributed by atoms with E-state index in [-0.39, 0.29) is 11.6 Å². The Hall–Kier alpha value is -3.99. The summed E-state index contributed by atoms with van der Waals surface area (Å²) >= 11 is 0. The monoisotopic (exact) mass is 369 g/mol. The van der Waals surface area contributed by atoms with Crippen LogP contribution in [0, 0.1) is 0 Å². The van der Waals surface area contributed by atoms with Gasteiger partial charge in [-0.1, -0.05) is 48.5 Å². The fourth-order valence-electron chi connectivity index (χ4n) is 2.68. The molecule has 3 aromatic carbocycles. The number of rotatable bonds is 4. The van der Waals surface area contributed by atoms with Crippen molar-refractivity contribution in [2.24, 2.45) is 4.99 Å². The van der Waals surface area contributed by atoms with Crippen LogP contribution in [0.15, 0.2) is 95.6 Å². The maximum absolute atomic E-state index is 12.2. The molecule has 0 atom stereocenters. The first-order chi connectivity index (χ1) is 13.7. The molecule has 0 saturated heterocycles. The van der Waals surface area contributed by atoms with E-state index in [0.29, 0.717) is 16.9 Å². The lowest BCUT2D eigenvalue weighted by atomic mass is 10.2. The van der Waals surface area contributed by atoms with Crippen LogP contribution in [0.1, 0.15) is 21.5 Å². The first-order valence-electron chi connectivity index (χ1n) is 8.64. The van der Waals surface area contributed by atoms with E-state index in [9.17, 15) is 9.59 Å². The van der Waals surface area contributed by atoms with Crippen LogP contribution in [-0.4, -0.2) is 17.8 Å². The second-order valence-electron chi connectivity index (χ2n) is 6.03. The van der Waals surface area contributed by atoms with E-state index in [2.05, 4.69) is 4.99 Å². The predicted octanol–water partition coefficient (Wildman–Crippen LogP) is 4.25. The molecule has 5 nitrogen and oxygen atoms in total. The Morgan fingerprint density at radius 3 is 2.36 bits per heavy atom. The van der Waals surface area contributed by atoms with Crippen LogP contribution in [-0.2, 0) is 9.53 Å². The van der Waals surface area contributed by atoms with E-state index in [0.717, 1.165) is 5.56 Å². The van der Waals surface area contributed by atoms with Crippen molar-refractivity contribution in [1.29, 1.82) is 0 Å². The number of hydrogen-bond donors (Lipinski definition) is 0. The molecule has 0 saturated carbocycles. The maximum Gasteiger partial charge on any atom is 0.363 e. The number of benzene rings is 3. The second-order valence-corrected chi connectivity index (χ2v) is 6.03. The highest BCUT2D eigenvalue weighted by Gasteiger charge is 2.24. The summed E-state index contributed by atoms with van der Waals surface area (Å²) in [4.78, 5) is 28.6. The third kappa shape index (κ3) is 3.88. The van der Waals surface area contributed by atoms with Crippen molar-refractivity contribution in [3.8, 4) is 5.75 Å². The maximum atomic E-state index is 12.2. The summed E-state index contributed by atoms with van der Waals surface area (Å²) in [5.41, 5.74) is 2.04. The summed E-state index contributed by atoms with van der Waals surface area (Å²) < 4.78 is 10.6. The predicted molar refractivity (Wildman–Crippen MR) is 105 cm³/mol. The van der Waals surface area contributed by atoms with Gasteiger partial charge in [0.15, 0.2) is 5.70 Å². The Morgan fingerprint density at radius 1 is 0.893 bits per heavy atom. The molecule has 0 aliphatic carbocycles. The van der Waals surface area contributed by atoms with Gasteiger partial charge in [0, 0.05) is 5.56 Å². The van der Waals surface area contributed by atoms with Crippen molar-refractivity contribution in [2.45, 2.75) is 0 Å². The van der Waals surface area contributed by atoms with E-state index in [1.807, 2.05) is 36.4 Å². The average molecular weight is 369 g/mol. The molecule has 136 valence electrons. The van der Waals surface area contributed by atoms with Gasteiger partial charge in [-0.15, -0.1) is 0 Å². The third-order valence-electron chi connectivity index (χ3n) is 4.02. The quantitative estimate of drug-likeness (QED) is 0.392. The van der Waals surface area contributed by atoms with Crippen LogP contribution in [0.2, 0.25) is 0 Å². The molecule has 0 fully saturated rings. The summed E-state index contributed by atoms with van der Waals surface area (Å²) in [6.07, 6.45) is 1.60. The lowest BCUT2D eigenvalue weighted by molar-refractivity contribution is -0.129. The zero-order chi connectivity index (χ0) is 19.3. The smallest absolute Gasteiger partial charge is 0.363 e. The Bertz CT molecular complexity index is 1090. The SMILES string of the molecule is O=C1OC(c2ccccc2)=N/C1=C\c1cccc(OC(=O)c2ccccc2)c1. The summed E-state index contributed by atoms with van der Waals surface area (Å²) in [6.45, 7) is 0. The normalized spacial score (nSPS) is 14.5. The molecule has 0 bridgehead atoms. The van der Waals surface area contributed by atoms with Gasteiger partial charge in [0.1, 0.15) is 5.75 Å². The van der Waals surface area contributed by atoms with Crippen LogP contribution in [0.25, 0.3) is 6.08 Å². The molecule has 0 spiro atoms. The number of esters is 2. The minimum absolute atomic E-state index is 0.186. The number of hydrogen-bond acceptors (Lipinski definition) is 5. The summed E-state index contributed by atoms with van der Waals surface area (Å²) in [5, 5.41) is 0. The van der Waals surface area contributed by atoms with E-state index in [1.165, 1.54) is 0 Å². The van der Waals surface area contributed by atoms with E-state index >= 15 is 0 Å². The molecular weight excluding hydrogens is 354 g/mol. The van der Waals surface area contributed by atoms with Crippen LogP contribution in [0.5, 0.6) is 5.75 Å². The molecule has 1 aliphatic rings. The Balaban J connectivity index is 1.55. The highest BCUT2D eigenvalue weighted by atomic mass is 16.6. The molecule has 0 unspecified atom stereocenters. The molecule has 28 heavy (non-hydrogen) atoms. The topological polar surface area (TPSA) is 65.0 Å². The van der Waals surface area contributed by atoms with Gasteiger partial charge < -0.3 is 9.47 Å². The standard InChI is InChI=1S/C23H15NO4/c25-22(18-11-5-2-6-12-18)27-19-13-7-8-16(14-19)15-20-23(26)28-21(24-20)17-9-3-1-4-10-17/h1-15H/b20-15-. The molecule has 0 radical (unpaired) electrons. The van der Waals surface area contributed by atoms with Gasteiger partial charge in [-0.3, -0.25) is 0 Å². The highest BCUT2D eigenvalue weighted by Crippen LogP contribution is 2.22. The molecule has 3 aromatic rings. The largest absolute Gasteiger partial charge is 0.423 e. The van der Waals surface area contributed by atoms with Gasteiger partial charge in [-0.25, -0.2) is 14.6 Å². The van der Waals surface area contributed by atoms with Gasteiger partial charge in [0.2, 0.25) is 5.90 Å². The highest BCUT2D eigenvalue weighted by molar-refractivity contribution is 6.12. The molecule has 0 aromatic heterocycles.